The van der Waals surface area contributed by atoms with E-state index < -0.39 is 11.7 Å². The molecule has 5 N–H and O–H groups in total. The van der Waals surface area contributed by atoms with Crippen LogP contribution >= 0.6 is 0 Å². The third kappa shape index (κ3) is 4.21. The van der Waals surface area contributed by atoms with Crippen molar-refractivity contribution in [1.82, 2.24) is 9.97 Å². The van der Waals surface area contributed by atoms with Gasteiger partial charge in [0.2, 0.25) is 5.95 Å². The Morgan fingerprint density at radius 3 is 2.42 bits per heavy atom. The van der Waals surface area contributed by atoms with Gasteiger partial charge in [-0.3, -0.25) is 0 Å². The molecule has 3 rings (SSSR count). The second kappa shape index (κ2) is 6.91. The van der Waals surface area contributed by atoms with E-state index in [4.69, 9.17) is 11.5 Å². The maximum absolute atomic E-state index is 12.8. The lowest BCUT2D eigenvalue weighted by atomic mass is 10.1. The van der Waals surface area contributed by atoms with E-state index in [0.717, 1.165) is 17.7 Å². The number of nitrogens with zero attached hydrogens (tertiary/aromatic N) is 2. The largest absolute Gasteiger partial charge is 0.416 e. The van der Waals surface area contributed by atoms with Crippen LogP contribution < -0.4 is 16.8 Å². The molecule has 1 heterocycles. The monoisotopic (exact) mass is 359 g/mol. The Kier molecular flexibility index (Phi) is 4.66. The molecule has 0 aliphatic heterocycles. The van der Waals surface area contributed by atoms with Gasteiger partial charge < -0.3 is 16.8 Å². The Labute approximate surface area is 147 Å². The fraction of sp³-hybridized carbons (Fsp3) is 0.111. The van der Waals surface area contributed by atoms with Crippen LogP contribution in [0.15, 0.2) is 54.6 Å². The molecule has 8 heteroatoms. The summed E-state index contributed by atoms with van der Waals surface area (Å²) in [6, 6.07) is 13.9. The van der Waals surface area contributed by atoms with Crippen molar-refractivity contribution in [1.29, 1.82) is 0 Å². The fourth-order valence-electron chi connectivity index (χ4n) is 2.45. The van der Waals surface area contributed by atoms with Crippen LogP contribution in [0.3, 0.4) is 0 Å². The van der Waals surface area contributed by atoms with Crippen LogP contribution in [-0.4, -0.2) is 9.97 Å². The van der Waals surface area contributed by atoms with E-state index in [-0.39, 0.29) is 12.5 Å². The van der Waals surface area contributed by atoms with Gasteiger partial charge in [0.15, 0.2) is 0 Å². The number of aromatic nitrogens is 2. The molecular weight excluding hydrogens is 343 g/mol. The van der Waals surface area contributed by atoms with E-state index in [0.29, 0.717) is 22.8 Å². The van der Waals surface area contributed by atoms with Gasteiger partial charge in [0, 0.05) is 23.9 Å². The number of hydrogen-bond donors (Lipinski definition) is 3. The summed E-state index contributed by atoms with van der Waals surface area (Å²) in [5, 5.41) is 2.98. The summed E-state index contributed by atoms with van der Waals surface area (Å²) >= 11 is 0. The number of alkyl halides is 3. The number of nitrogens with one attached hydrogen (secondary N) is 1. The molecule has 5 nitrogen and oxygen atoms in total. The van der Waals surface area contributed by atoms with Gasteiger partial charge in [-0.05, 0) is 29.8 Å². The minimum Gasteiger partial charge on any atom is -0.399 e. The second-order valence-electron chi connectivity index (χ2n) is 5.67. The summed E-state index contributed by atoms with van der Waals surface area (Å²) in [6.45, 7) is 0.163. The van der Waals surface area contributed by atoms with Crippen LogP contribution in [-0.2, 0) is 12.7 Å². The first-order chi connectivity index (χ1) is 12.3. The molecule has 0 saturated carbocycles. The van der Waals surface area contributed by atoms with Gasteiger partial charge in [0.1, 0.15) is 5.82 Å². The Morgan fingerprint density at radius 1 is 0.923 bits per heavy atom. The minimum atomic E-state index is -4.38. The highest BCUT2D eigenvalue weighted by atomic mass is 19.4. The first-order valence-electron chi connectivity index (χ1n) is 7.72. The number of halogens is 3. The lowest BCUT2D eigenvalue weighted by Crippen LogP contribution is -2.08. The summed E-state index contributed by atoms with van der Waals surface area (Å²) in [7, 11) is 0. The average Bonchev–Trinajstić information content (AvgIpc) is 2.59. The average molecular weight is 359 g/mol. The minimum absolute atomic E-state index is 0.0523. The summed E-state index contributed by atoms with van der Waals surface area (Å²) in [4.78, 5) is 8.24. The molecule has 0 aliphatic rings. The molecule has 0 unspecified atom stereocenters. The third-order valence-corrected chi connectivity index (χ3v) is 3.65. The van der Waals surface area contributed by atoms with Gasteiger partial charge in [0.05, 0.1) is 11.3 Å². The van der Waals surface area contributed by atoms with Crippen molar-refractivity contribution < 1.29 is 13.2 Å². The maximum Gasteiger partial charge on any atom is 0.416 e. The molecule has 0 spiro atoms. The number of benzene rings is 2. The number of hydrogen-bond acceptors (Lipinski definition) is 5. The van der Waals surface area contributed by atoms with Crippen molar-refractivity contribution >= 4 is 17.5 Å². The van der Waals surface area contributed by atoms with E-state index in [2.05, 4.69) is 15.3 Å². The van der Waals surface area contributed by atoms with Crippen molar-refractivity contribution in [2.75, 3.05) is 16.8 Å². The van der Waals surface area contributed by atoms with E-state index >= 15 is 0 Å². The van der Waals surface area contributed by atoms with Gasteiger partial charge in [-0.15, -0.1) is 0 Å². The smallest absolute Gasteiger partial charge is 0.399 e. The maximum atomic E-state index is 12.8. The topological polar surface area (TPSA) is 89.8 Å². The molecule has 0 amide bonds. The number of anilines is 3. The molecule has 26 heavy (non-hydrogen) atoms. The Hall–Kier alpha value is -3.29. The quantitative estimate of drug-likeness (QED) is 0.614. The normalized spacial score (nSPS) is 11.3. The standard InChI is InChI=1S/C18H16F3N5/c19-18(20,21)13-5-1-3-11(7-13)10-24-16-9-15(25-17(23)26-16)12-4-2-6-14(22)8-12/h1-9H,10,22H2,(H3,23,24,25,26). The van der Waals surface area contributed by atoms with E-state index in [1.54, 1.807) is 30.3 Å². The fourth-order valence-corrected chi connectivity index (χ4v) is 2.45. The lowest BCUT2D eigenvalue weighted by molar-refractivity contribution is -0.137. The first-order valence-corrected chi connectivity index (χ1v) is 7.72. The van der Waals surface area contributed by atoms with E-state index in [9.17, 15) is 13.2 Å². The second-order valence-corrected chi connectivity index (χ2v) is 5.67. The SMILES string of the molecule is Nc1cccc(-c2cc(NCc3cccc(C(F)(F)F)c3)nc(N)n2)c1. The van der Waals surface area contributed by atoms with Crippen molar-refractivity contribution in [3.05, 3.63) is 65.7 Å². The zero-order chi connectivity index (χ0) is 18.7. The van der Waals surface area contributed by atoms with E-state index in [1.165, 1.54) is 6.07 Å². The molecule has 0 bridgehead atoms. The van der Waals surface area contributed by atoms with Gasteiger partial charge in [-0.25, -0.2) is 4.98 Å². The highest BCUT2D eigenvalue weighted by Crippen LogP contribution is 2.29. The molecule has 3 aromatic rings. The molecule has 0 atom stereocenters. The number of rotatable bonds is 4. The molecular formula is C18H16F3N5. The van der Waals surface area contributed by atoms with Gasteiger partial charge in [-0.1, -0.05) is 24.3 Å². The molecule has 134 valence electrons. The summed E-state index contributed by atoms with van der Waals surface area (Å²) < 4.78 is 38.4. The van der Waals surface area contributed by atoms with Crippen molar-refractivity contribution in [3.8, 4) is 11.3 Å². The zero-order valence-electron chi connectivity index (χ0n) is 13.6. The number of nitrogens with two attached hydrogens (primary N) is 2. The van der Waals surface area contributed by atoms with Crippen molar-refractivity contribution in [2.45, 2.75) is 12.7 Å². The Morgan fingerprint density at radius 2 is 1.69 bits per heavy atom. The summed E-state index contributed by atoms with van der Waals surface area (Å²) in [5.74, 6) is 0.462. The van der Waals surface area contributed by atoms with Crippen LogP contribution in [0.2, 0.25) is 0 Å². The van der Waals surface area contributed by atoms with Gasteiger partial charge in [0.25, 0.3) is 0 Å². The third-order valence-electron chi connectivity index (χ3n) is 3.65. The highest BCUT2D eigenvalue weighted by molar-refractivity contribution is 5.67. The van der Waals surface area contributed by atoms with Crippen LogP contribution in [0.4, 0.5) is 30.6 Å². The Bertz CT molecular complexity index is 925. The van der Waals surface area contributed by atoms with Gasteiger partial charge >= 0.3 is 6.18 Å². The highest BCUT2D eigenvalue weighted by Gasteiger charge is 2.30. The van der Waals surface area contributed by atoms with Crippen LogP contribution in [0, 0.1) is 0 Å². The molecule has 0 radical (unpaired) electrons. The summed E-state index contributed by atoms with van der Waals surface area (Å²) in [6.07, 6.45) is -4.38. The molecule has 0 saturated heterocycles. The molecule has 2 aromatic carbocycles. The lowest BCUT2D eigenvalue weighted by Gasteiger charge is -2.11. The zero-order valence-corrected chi connectivity index (χ0v) is 13.6. The molecule has 0 aliphatic carbocycles. The first kappa shape index (κ1) is 17.5. The van der Waals surface area contributed by atoms with Crippen molar-refractivity contribution in [3.63, 3.8) is 0 Å². The number of nitrogen functional groups attached to an aromatic ring is 2. The van der Waals surface area contributed by atoms with E-state index in [1.807, 2.05) is 6.07 Å². The molecule has 0 fully saturated rings. The van der Waals surface area contributed by atoms with Gasteiger partial charge in [-0.2, -0.15) is 18.2 Å². The summed E-state index contributed by atoms with van der Waals surface area (Å²) in [5.41, 5.74) is 13.2. The van der Waals surface area contributed by atoms with Crippen LogP contribution in [0.5, 0.6) is 0 Å². The van der Waals surface area contributed by atoms with Crippen molar-refractivity contribution in [2.24, 2.45) is 0 Å². The van der Waals surface area contributed by atoms with Crippen LogP contribution in [0.1, 0.15) is 11.1 Å². The van der Waals surface area contributed by atoms with Crippen LogP contribution in [0.25, 0.3) is 11.3 Å². The predicted molar refractivity (Wildman–Crippen MR) is 95.1 cm³/mol. The Balaban J connectivity index is 1.81. The predicted octanol–water partition coefficient (Wildman–Crippen LogP) is 3.94. The molecule has 1 aromatic heterocycles.